The van der Waals surface area contributed by atoms with Crippen molar-refractivity contribution in [1.82, 2.24) is 15.2 Å². The highest BCUT2D eigenvalue weighted by atomic mass is 19.1. The van der Waals surface area contributed by atoms with Gasteiger partial charge in [-0.25, -0.2) is 4.39 Å². The molecule has 1 aliphatic heterocycles. The number of nitrogens with one attached hydrogen (secondary N) is 1. The Morgan fingerprint density at radius 2 is 2.25 bits per heavy atom. The normalized spacial score (nSPS) is 20.9. The van der Waals surface area contributed by atoms with E-state index >= 15 is 0 Å². The van der Waals surface area contributed by atoms with Crippen molar-refractivity contribution in [2.75, 3.05) is 13.1 Å². The summed E-state index contributed by atoms with van der Waals surface area (Å²) in [5.74, 6) is -0.441. The Balaban J connectivity index is 1.61. The molecule has 1 saturated heterocycles. The molecule has 126 valence electrons. The van der Waals surface area contributed by atoms with Crippen LogP contribution in [-0.4, -0.2) is 40.1 Å². The zero-order valence-electron chi connectivity index (χ0n) is 13.2. The van der Waals surface area contributed by atoms with Crippen LogP contribution in [0.2, 0.25) is 0 Å². The Hall–Kier alpha value is -2.31. The van der Waals surface area contributed by atoms with Gasteiger partial charge in [-0.1, -0.05) is 18.2 Å². The molecule has 0 unspecified atom stereocenters. The van der Waals surface area contributed by atoms with Crippen LogP contribution in [0.4, 0.5) is 4.39 Å². The first-order valence-corrected chi connectivity index (χ1v) is 7.95. The molecule has 2 N–H and O–H groups in total. The molecule has 2 atom stereocenters. The van der Waals surface area contributed by atoms with E-state index in [1.54, 1.807) is 18.5 Å². The molecule has 2 heterocycles. The van der Waals surface area contributed by atoms with Crippen LogP contribution in [0, 0.1) is 5.82 Å². The molecule has 1 amide bonds. The number of aliphatic hydroxyl groups is 1. The van der Waals surface area contributed by atoms with Crippen molar-refractivity contribution in [3.8, 4) is 0 Å². The fourth-order valence-corrected chi connectivity index (χ4v) is 3.06. The average Bonchev–Trinajstić information content (AvgIpc) is 2.94. The summed E-state index contributed by atoms with van der Waals surface area (Å²) in [6, 6.07) is 9.88. The van der Waals surface area contributed by atoms with E-state index in [9.17, 15) is 14.3 Å². The molecule has 24 heavy (non-hydrogen) atoms. The van der Waals surface area contributed by atoms with Crippen molar-refractivity contribution < 1.29 is 14.3 Å². The van der Waals surface area contributed by atoms with Gasteiger partial charge in [0.25, 0.3) is 0 Å². The maximum Gasteiger partial charge on any atom is 0.234 e. The van der Waals surface area contributed by atoms with E-state index in [0.29, 0.717) is 19.5 Å². The second-order valence-corrected chi connectivity index (χ2v) is 6.03. The molecule has 0 saturated carbocycles. The number of hydrogen-bond donors (Lipinski definition) is 2. The third kappa shape index (κ3) is 4.15. The third-order valence-electron chi connectivity index (χ3n) is 4.17. The number of aliphatic hydroxyl groups excluding tert-OH is 1. The Kier molecular flexibility index (Phi) is 5.17. The van der Waals surface area contributed by atoms with Gasteiger partial charge in [0.05, 0.1) is 12.6 Å². The first-order chi connectivity index (χ1) is 11.6. The molecule has 1 aromatic heterocycles. The lowest BCUT2D eigenvalue weighted by atomic mass is 10.0. The Morgan fingerprint density at radius 3 is 3.00 bits per heavy atom. The van der Waals surface area contributed by atoms with Crippen LogP contribution < -0.4 is 5.32 Å². The van der Waals surface area contributed by atoms with Gasteiger partial charge in [-0.2, -0.15) is 0 Å². The SMILES string of the molecule is O=C(CN1C[C@@H](O)C[C@@H]1c1cccc(F)c1)NCc1cccnc1. The van der Waals surface area contributed by atoms with E-state index in [4.69, 9.17) is 0 Å². The minimum Gasteiger partial charge on any atom is -0.392 e. The van der Waals surface area contributed by atoms with Gasteiger partial charge in [0.1, 0.15) is 5.82 Å². The molecule has 1 aromatic carbocycles. The number of likely N-dealkylation sites (tertiary alicyclic amines) is 1. The van der Waals surface area contributed by atoms with Gasteiger partial charge < -0.3 is 10.4 Å². The summed E-state index contributed by atoms with van der Waals surface area (Å²) < 4.78 is 13.4. The molecule has 2 aromatic rings. The van der Waals surface area contributed by atoms with Crippen molar-refractivity contribution >= 4 is 5.91 Å². The molecule has 0 spiro atoms. The summed E-state index contributed by atoms with van der Waals surface area (Å²) in [4.78, 5) is 18.1. The van der Waals surface area contributed by atoms with E-state index in [-0.39, 0.29) is 24.3 Å². The summed E-state index contributed by atoms with van der Waals surface area (Å²) in [6.07, 6.45) is 3.37. The van der Waals surface area contributed by atoms with Crippen LogP contribution in [0.25, 0.3) is 0 Å². The standard InChI is InChI=1S/C18H20FN3O2/c19-15-5-1-4-14(7-15)17-8-16(23)11-22(17)12-18(24)21-10-13-3-2-6-20-9-13/h1-7,9,16-17,23H,8,10-12H2,(H,21,24)/t16-,17+/m0/s1. The Morgan fingerprint density at radius 1 is 1.38 bits per heavy atom. The first kappa shape index (κ1) is 16.5. The second-order valence-electron chi connectivity index (χ2n) is 6.03. The minimum atomic E-state index is -0.510. The van der Waals surface area contributed by atoms with Crippen molar-refractivity contribution in [1.29, 1.82) is 0 Å². The number of halogens is 1. The molecule has 0 aliphatic carbocycles. The number of β-amino-alcohol motifs (C(OH)–C–C–N with tert-alkyl or cyclic N) is 1. The van der Waals surface area contributed by atoms with Crippen LogP contribution in [0.15, 0.2) is 48.8 Å². The average molecular weight is 329 g/mol. The lowest BCUT2D eigenvalue weighted by Crippen LogP contribution is -2.37. The van der Waals surface area contributed by atoms with Gasteiger partial charge in [0.2, 0.25) is 5.91 Å². The van der Waals surface area contributed by atoms with Crippen LogP contribution in [-0.2, 0) is 11.3 Å². The topological polar surface area (TPSA) is 65.5 Å². The lowest BCUT2D eigenvalue weighted by molar-refractivity contribution is -0.122. The molecule has 0 bridgehead atoms. The van der Waals surface area contributed by atoms with E-state index in [0.717, 1.165) is 11.1 Å². The number of benzene rings is 1. The highest BCUT2D eigenvalue weighted by molar-refractivity contribution is 5.78. The molecule has 3 rings (SSSR count). The third-order valence-corrected chi connectivity index (χ3v) is 4.17. The summed E-state index contributed by atoms with van der Waals surface area (Å²) >= 11 is 0. The maximum atomic E-state index is 13.4. The molecule has 0 radical (unpaired) electrons. The van der Waals surface area contributed by atoms with E-state index < -0.39 is 6.10 Å². The molecular formula is C18H20FN3O2. The molecule has 1 fully saturated rings. The highest BCUT2D eigenvalue weighted by Gasteiger charge is 2.33. The monoisotopic (exact) mass is 329 g/mol. The number of carbonyl (C=O) groups is 1. The van der Waals surface area contributed by atoms with Gasteiger partial charge >= 0.3 is 0 Å². The molecule has 6 heteroatoms. The summed E-state index contributed by atoms with van der Waals surface area (Å²) in [6.45, 7) is 0.980. The lowest BCUT2D eigenvalue weighted by Gasteiger charge is -2.23. The predicted octanol–water partition coefficient (Wildman–Crippen LogP) is 1.64. The fraction of sp³-hybridized carbons (Fsp3) is 0.333. The smallest absolute Gasteiger partial charge is 0.234 e. The zero-order valence-corrected chi connectivity index (χ0v) is 13.2. The second kappa shape index (κ2) is 7.51. The number of aromatic nitrogens is 1. The fourth-order valence-electron chi connectivity index (χ4n) is 3.06. The van der Waals surface area contributed by atoms with Crippen molar-refractivity contribution in [2.45, 2.75) is 25.1 Å². The van der Waals surface area contributed by atoms with Gasteiger partial charge in [-0.3, -0.25) is 14.7 Å². The van der Waals surface area contributed by atoms with Crippen LogP contribution in [0.5, 0.6) is 0 Å². The van der Waals surface area contributed by atoms with Crippen LogP contribution in [0.3, 0.4) is 0 Å². The molecule has 1 aliphatic rings. The number of amides is 1. The summed E-state index contributed by atoms with van der Waals surface area (Å²) in [5, 5.41) is 12.8. The largest absolute Gasteiger partial charge is 0.392 e. The van der Waals surface area contributed by atoms with Crippen LogP contribution in [0.1, 0.15) is 23.6 Å². The maximum absolute atomic E-state index is 13.4. The van der Waals surface area contributed by atoms with Crippen molar-refractivity contribution in [3.63, 3.8) is 0 Å². The summed E-state index contributed by atoms with van der Waals surface area (Å²) in [7, 11) is 0. The highest BCUT2D eigenvalue weighted by Crippen LogP contribution is 2.32. The number of rotatable bonds is 5. The quantitative estimate of drug-likeness (QED) is 0.875. The Labute approximate surface area is 140 Å². The number of pyridine rings is 1. The van der Waals surface area contributed by atoms with E-state index in [1.807, 2.05) is 23.1 Å². The van der Waals surface area contributed by atoms with Gasteiger partial charge in [-0.15, -0.1) is 0 Å². The van der Waals surface area contributed by atoms with Crippen molar-refractivity contribution in [3.05, 3.63) is 65.7 Å². The van der Waals surface area contributed by atoms with Crippen molar-refractivity contribution in [2.24, 2.45) is 0 Å². The van der Waals surface area contributed by atoms with Gasteiger partial charge in [0, 0.05) is 31.5 Å². The molecule has 5 nitrogen and oxygen atoms in total. The minimum absolute atomic E-state index is 0.130. The number of carbonyl (C=O) groups excluding carboxylic acids is 1. The first-order valence-electron chi connectivity index (χ1n) is 7.95. The van der Waals surface area contributed by atoms with E-state index in [1.165, 1.54) is 12.1 Å². The predicted molar refractivity (Wildman–Crippen MR) is 87.4 cm³/mol. The van der Waals surface area contributed by atoms with Crippen LogP contribution >= 0.6 is 0 Å². The molecular weight excluding hydrogens is 309 g/mol. The number of nitrogens with zero attached hydrogens (tertiary/aromatic N) is 2. The number of hydrogen-bond acceptors (Lipinski definition) is 4. The Bertz CT molecular complexity index is 696. The van der Waals surface area contributed by atoms with Gasteiger partial charge in [0.15, 0.2) is 0 Å². The van der Waals surface area contributed by atoms with E-state index in [2.05, 4.69) is 10.3 Å². The zero-order chi connectivity index (χ0) is 16.9. The van der Waals surface area contributed by atoms with Gasteiger partial charge in [-0.05, 0) is 35.7 Å². The summed E-state index contributed by atoms with van der Waals surface area (Å²) in [5.41, 5.74) is 1.71.